The third kappa shape index (κ3) is 3.99. The molecule has 3 heterocycles. The van der Waals surface area contributed by atoms with Crippen molar-refractivity contribution < 1.29 is 27.8 Å². The van der Waals surface area contributed by atoms with Gasteiger partial charge in [0, 0.05) is 25.1 Å². The molecule has 32 heavy (non-hydrogen) atoms. The first-order valence-electron chi connectivity index (χ1n) is 11.0. The molecule has 2 aromatic heterocycles. The number of hydrogen-bond donors (Lipinski definition) is 1. The SMILES string of the molecule is COc1c(C)nc2cc([C@H]3CC[C@H](C(F)(F)F)CC3)nn2c1N1CCC[C@](C)(C(=O)O)C1. The zero-order valence-corrected chi connectivity index (χ0v) is 18.6. The standard InChI is InChI=1S/C22H29F3N4O3/c1-13-18(32-3)19(28-10-4-9-21(2,12-28)20(30)31)29-17(26-13)11-16(27-29)14-5-7-15(8-6-14)22(23,24)25/h11,14-15H,4-10,12H2,1-3H3,(H,30,31)/t14-,15-,21-/m0/s1. The highest BCUT2D eigenvalue weighted by atomic mass is 19.4. The quantitative estimate of drug-likeness (QED) is 0.729. The molecule has 1 aliphatic carbocycles. The minimum absolute atomic E-state index is 0.0555. The molecule has 0 amide bonds. The van der Waals surface area contributed by atoms with Crippen molar-refractivity contribution in [2.45, 2.75) is 64.5 Å². The van der Waals surface area contributed by atoms with Gasteiger partial charge in [-0.25, -0.2) is 4.98 Å². The fourth-order valence-electron chi connectivity index (χ4n) is 5.13. The summed E-state index contributed by atoms with van der Waals surface area (Å²) in [5.74, 6) is -0.959. The number of piperidine rings is 1. The van der Waals surface area contributed by atoms with Crippen molar-refractivity contribution in [1.82, 2.24) is 14.6 Å². The van der Waals surface area contributed by atoms with Gasteiger partial charge in [0.1, 0.15) is 0 Å². The molecule has 2 aromatic rings. The van der Waals surface area contributed by atoms with Gasteiger partial charge in [0.15, 0.2) is 17.2 Å². The second-order valence-electron chi connectivity index (χ2n) is 9.37. The molecule has 176 valence electrons. The number of aromatic nitrogens is 3. The number of carboxylic acids is 1. The molecule has 0 unspecified atom stereocenters. The van der Waals surface area contributed by atoms with Gasteiger partial charge in [-0.05, 0) is 52.4 Å². The Morgan fingerprint density at radius 1 is 1.28 bits per heavy atom. The molecule has 1 atom stereocenters. The van der Waals surface area contributed by atoms with Crippen molar-refractivity contribution in [1.29, 1.82) is 0 Å². The third-order valence-corrected chi connectivity index (χ3v) is 7.05. The van der Waals surface area contributed by atoms with Gasteiger partial charge in [-0.3, -0.25) is 4.79 Å². The molecular formula is C22H29F3N4O3. The van der Waals surface area contributed by atoms with Gasteiger partial charge in [-0.15, -0.1) is 0 Å². The second-order valence-corrected chi connectivity index (χ2v) is 9.37. The molecule has 4 rings (SSSR count). The van der Waals surface area contributed by atoms with E-state index in [0.717, 1.165) is 5.69 Å². The number of methoxy groups -OCH3 is 1. The van der Waals surface area contributed by atoms with Gasteiger partial charge < -0.3 is 14.7 Å². The van der Waals surface area contributed by atoms with E-state index in [4.69, 9.17) is 9.84 Å². The zero-order valence-electron chi connectivity index (χ0n) is 18.6. The van der Waals surface area contributed by atoms with E-state index in [1.54, 1.807) is 18.5 Å². The number of aryl methyl sites for hydroxylation is 1. The van der Waals surface area contributed by atoms with Crippen LogP contribution in [0.5, 0.6) is 5.75 Å². The van der Waals surface area contributed by atoms with Crippen molar-refractivity contribution in [3.05, 3.63) is 17.5 Å². The van der Waals surface area contributed by atoms with Gasteiger partial charge >= 0.3 is 12.1 Å². The molecule has 0 bridgehead atoms. The van der Waals surface area contributed by atoms with Crippen LogP contribution >= 0.6 is 0 Å². The van der Waals surface area contributed by atoms with Crippen LogP contribution in [0.25, 0.3) is 5.65 Å². The molecule has 0 radical (unpaired) electrons. The van der Waals surface area contributed by atoms with E-state index in [2.05, 4.69) is 4.98 Å². The maximum Gasteiger partial charge on any atom is 0.391 e. The van der Waals surface area contributed by atoms with E-state index in [0.29, 0.717) is 61.7 Å². The van der Waals surface area contributed by atoms with E-state index >= 15 is 0 Å². The predicted octanol–water partition coefficient (Wildman–Crippen LogP) is 4.57. The topological polar surface area (TPSA) is 80.0 Å². The van der Waals surface area contributed by atoms with Gasteiger partial charge in [-0.2, -0.15) is 22.8 Å². The van der Waals surface area contributed by atoms with E-state index in [9.17, 15) is 23.1 Å². The molecule has 0 spiro atoms. The Morgan fingerprint density at radius 2 is 1.97 bits per heavy atom. The van der Waals surface area contributed by atoms with Crippen molar-refractivity contribution in [2.75, 3.05) is 25.1 Å². The number of anilines is 1. The summed E-state index contributed by atoms with van der Waals surface area (Å²) in [6.45, 7) is 4.53. The minimum Gasteiger partial charge on any atom is -0.491 e. The first-order chi connectivity index (χ1) is 15.0. The molecule has 1 N–H and O–H groups in total. The number of nitrogens with zero attached hydrogens (tertiary/aromatic N) is 4. The molecule has 1 saturated carbocycles. The van der Waals surface area contributed by atoms with Crippen molar-refractivity contribution in [3.63, 3.8) is 0 Å². The molecule has 1 aliphatic heterocycles. The molecule has 1 saturated heterocycles. The van der Waals surface area contributed by atoms with E-state index in [1.165, 1.54) is 0 Å². The van der Waals surface area contributed by atoms with Crippen LogP contribution in [0.2, 0.25) is 0 Å². The Morgan fingerprint density at radius 3 is 2.56 bits per heavy atom. The molecular weight excluding hydrogens is 425 g/mol. The van der Waals surface area contributed by atoms with Crippen molar-refractivity contribution in [3.8, 4) is 5.75 Å². The number of carbonyl (C=O) groups is 1. The Hall–Kier alpha value is -2.52. The smallest absolute Gasteiger partial charge is 0.391 e. The third-order valence-electron chi connectivity index (χ3n) is 7.05. The summed E-state index contributed by atoms with van der Waals surface area (Å²) < 4.78 is 46.5. The fourth-order valence-corrected chi connectivity index (χ4v) is 5.13. The van der Waals surface area contributed by atoms with Crippen LogP contribution < -0.4 is 9.64 Å². The fraction of sp³-hybridized carbons (Fsp3) is 0.682. The molecule has 7 nitrogen and oxygen atoms in total. The van der Waals surface area contributed by atoms with E-state index < -0.39 is 23.5 Å². The first kappa shape index (κ1) is 22.7. The summed E-state index contributed by atoms with van der Waals surface area (Å²) >= 11 is 0. The van der Waals surface area contributed by atoms with Crippen LogP contribution in [0.3, 0.4) is 0 Å². The number of carboxylic acid groups (broad SMARTS) is 1. The summed E-state index contributed by atoms with van der Waals surface area (Å²) in [5, 5.41) is 14.5. The van der Waals surface area contributed by atoms with Gasteiger partial charge in [0.2, 0.25) is 0 Å². The monoisotopic (exact) mass is 454 g/mol. The van der Waals surface area contributed by atoms with Crippen molar-refractivity contribution >= 4 is 17.4 Å². The van der Waals surface area contributed by atoms with E-state index in [1.807, 2.05) is 17.9 Å². The Bertz CT molecular complexity index is 1010. The predicted molar refractivity (Wildman–Crippen MR) is 112 cm³/mol. The van der Waals surface area contributed by atoms with Gasteiger partial charge in [0.05, 0.1) is 29.8 Å². The van der Waals surface area contributed by atoms with Crippen LogP contribution in [0.4, 0.5) is 19.0 Å². The summed E-state index contributed by atoms with van der Waals surface area (Å²) in [6, 6.07) is 1.84. The van der Waals surface area contributed by atoms with Gasteiger partial charge in [-0.1, -0.05) is 0 Å². The van der Waals surface area contributed by atoms with E-state index in [-0.39, 0.29) is 18.8 Å². The second kappa shape index (κ2) is 8.12. The molecule has 2 aliphatic rings. The van der Waals surface area contributed by atoms with Gasteiger partial charge in [0.25, 0.3) is 0 Å². The number of alkyl halides is 3. The molecule has 10 heteroatoms. The first-order valence-corrected chi connectivity index (χ1v) is 11.0. The normalized spacial score (nSPS) is 27.0. The largest absolute Gasteiger partial charge is 0.491 e. The zero-order chi connectivity index (χ0) is 23.3. The molecule has 0 aromatic carbocycles. The summed E-state index contributed by atoms with van der Waals surface area (Å²) in [4.78, 5) is 18.5. The summed E-state index contributed by atoms with van der Waals surface area (Å²) in [7, 11) is 1.54. The maximum atomic E-state index is 13.1. The Balaban J connectivity index is 1.70. The number of halogens is 3. The van der Waals surface area contributed by atoms with Crippen LogP contribution in [0, 0.1) is 18.3 Å². The van der Waals surface area contributed by atoms with Crippen LogP contribution in [-0.2, 0) is 4.79 Å². The summed E-state index contributed by atoms with van der Waals surface area (Å²) in [5.41, 5.74) is 1.09. The average molecular weight is 454 g/mol. The lowest BCUT2D eigenvalue weighted by Gasteiger charge is -2.39. The number of aliphatic carboxylic acids is 1. The maximum absolute atomic E-state index is 13.1. The lowest BCUT2D eigenvalue weighted by molar-refractivity contribution is -0.182. The molecule has 2 fully saturated rings. The van der Waals surface area contributed by atoms with Crippen LogP contribution in [-0.4, -0.2) is 52.0 Å². The lowest BCUT2D eigenvalue weighted by atomic mass is 9.80. The number of rotatable bonds is 4. The Labute approximate surface area is 184 Å². The van der Waals surface area contributed by atoms with Crippen LogP contribution in [0.15, 0.2) is 6.07 Å². The minimum atomic E-state index is -4.14. The highest BCUT2D eigenvalue weighted by molar-refractivity contribution is 5.76. The van der Waals surface area contributed by atoms with Crippen LogP contribution in [0.1, 0.15) is 62.8 Å². The number of fused-ring (bicyclic) bond motifs is 1. The highest BCUT2D eigenvalue weighted by Crippen LogP contribution is 2.43. The summed E-state index contributed by atoms with van der Waals surface area (Å²) in [6.07, 6.45) is -1.78. The average Bonchev–Trinajstić information content (AvgIpc) is 3.15. The highest BCUT2D eigenvalue weighted by Gasteiger charge is 2.42. The number of ether oxygens (including phenoxy) is 1. The Kier molecular flexibility index (Phi) is 5.75. The number of hydrogen-bond acceptors (Lipinski definition) is 5. The van der Waals surface area contributed by atoms with Crippen molar-refractivity contribution in [2.24, 2.45) is 11.3 Å². The lowest BCUT2D eigenvalue weighted by Crippen LogP contribution is -2.47.